The first-order valence-corrected chi connectivity index (χ1v) is 6.87. The number of unbranched alkanes of at least 4 members (excludes halogenated alkanes) is 2. The molecule has 0 aromatic heterocycles. The molecule has 0 saturated carbocycles. The van der Waals surface area contributed by atoms with Gasteiger partial charge in [0.2, 0.25) is 5.91 Å². The summed E-state index contributed by atoms with van der Waals surface area (Å²) in [6, 6.07) is 0. The van der Waals surface area contributed by atoms with Crippen molar-refractivity contribution in [2.45, 2.75) is 52.0 Å². The molecule has 2 amide bonds. The highest BCUT2D eigenvalue weighted by Gasteiger charge is 2.17. The molecule has 113 valence electrons. The number of alkyl carbamates (subject to hydrolysis) is 1. The molecule has 5 heteroatoms. The van der Waals surface area contributed by atoms with Crippen molar-refractivity contribution < 1.29 is 14.3 Å². The van der Waals surface area contributed by atoms with Crippen LogP contribution in [0, 0.1) is 18.8 Å². The quantitative estimate of drug-likeness (QED) is 0.502. The van der Waals surface area contributed by atoms with E-state index in [1.54, 1.807) is 0 Å². The number of amides is 2. The number of rotatable bonds is 9. The topological polar surface area (TPSA) is 67.4 Å². The van der Waals surface area contributed by atoms with Crippen LogP contribution in [0.1, 0.15) is 46.5 Å². The van der Waals surface area contributed by atoms with Gasteiger partial charge in [-0.2, -0.15) is 0 Å². The largest absolute Gasteiger partial charge is 0.436 e. The fourth-order valence-corrected chi connectivity index (χ4v) is 1.43. The number of terminal acetylenes is 1. The Kier molecular flexibility index (Phi) is 9.27. The molecular formula is C15H25N2O3. The lowest BCUT2D eigenvalue weighted by atomic mass is 10.0. The van der Waals surface area contributed by atoms with Crippen LogP contribution >= 0.6 is 0 Å². The Morgan fingerprint density at radius 3 is 2.60 bits per heavy atom. The van der Waals surface area contributed by atoms with Crippen LogP contribution in [0.3, 0.4) is 0 Å². The van der Waals surface area contributed by atoms with Gasteiger partial charge in [-0.3, -0.25) is 4.79 Å². The zero-order valence-electron chi connectivity index (χ0n) is 12.6. The molecule has 0 heterocycles. The van der Waals surface area contributed by atoms with Crippen LogP contribution < -0.4 is 10.6 Å². The van der Waals surface area contributed by atoms with E-state index in [2.05, 4.69) is 21.3 Å². The van der Waals surface area contributed by atoms with Crippen LogP contribution in [0.25, 0.3) is 0 Å². The number of carbonyl (C=O) groups is 2. The first-order valence-electron chi connectivity index (χ1n) is 6.87. The van der Waals surface area contributed by atoms with Crippen LogP contribution in [-0.2, 0) is 9.53 Å². The van der Waals surface area contributed by atoms with Crippen molar-refractivity contribution in [1.82, 2.24) is 10.6 Å². The molecule has 0 aromatic rings. The van der Waals surface area contributed by atoms with E-state index in [1.807, 2.05) is 27.2 Å². The van der Waals surface area contributed by atoms with Gasteiger partial charge < -0.3 is 15.4 Å². The maximum Gasteiger partial charge on any atom is 0.408 e. The van der Waals surface area contributed by atoms with Gasteiger partial charge in [0.15, 0.2) is 6.61 Å². The zero-order valence-corrected chi connectivity index (χ0v) is 12.6. The normalized spacial score (nSPS) is 10.5. The highest BCUT2D eigenvalue weighted by molar-refractivity contribution is 5.76. The first-order chi connectivity index (χ1) is 9.41. The number of ether oxygens (including phenoxy) is 1. The minimum atomic E-state index is -0.499. The van der Waals surface area contributed by atoms with Crippen LogP contribution in [0.4, 0.5) is 4.79 Å². The molecule has 0 aliphatic carbocycles. The van der Waals surface area contributed by atoms with Gasteiger partial charge in [-0.25, -0.2) is 4.79 Å². The molecule has 0 rings (SSSR count). The van der Waals surface area contributed by atoms with Crippen molar-refractivity contribution in [1.29, 1.82) is 0 Å². The minimum absolute atomic E-state index is 0.0176. The predicted octanol–water partition coefficient (Wildman–Crippen LogP) is 2.03. The third kappa shape index (κ3) is 10.2. The molecule has 0 spiro atoms. The van der Waals surface area contributed by atoms with Crippen LogP contribution in [0.2, 0.25) is 0 Å². The molecule has 0 fully saturated rings. The van der Waals surface area contributed by atoms with Gasteiger partial charge in [0.05, 0.1) is 0 Å². The summed E-state index contributed by atoms with van der Waals surface area (Å²) in [5.74, 6) is 2.27. The lowest BCUT2D eigenvalue weighted by Gasteiger charge is -2.24. The minimum Gasteiger partial charge on any atom is -0.436 e. The number of hydrogen-bond donors (Lipinski definition) is 2. The average Bonchev–Trinajstić information content (AvgIpc) is 2.39. The van der Waals surface area contributed by atoms with Gasteiger partial charge >= 0.3 is 6.09 Å². The smallest absolute Gasteiger partial charge is 0.408 e. The maximum atomic E-state index is 11.6. The highest BCUT2D eigenvalue weighted by Crippen LogP contribution is 2.07. The summed E-state index contributed by atoms with van der Waals surface area (Å²) in [5, 5.41) is 5.53. The van der Waals surface area contributed by atoms with Gasteiger partial charge in [0.1, 0.15) is 0 Å². The molecule has 5 nitrogen and oxygen atoms in total. The van der Waals surface area contributed by atoms with Crippen molar-refractivity contribution in [3.8, 4) is 12.3 Å². The number of hydrogen-bond acceptors (Lipinski definition) is 3. The molecule has 20 heavy (non-hydrogen) atoms. The van der Waals surface area contributed by atoms with E-state index in [1.165, 1.54) is 0 Å². The highest BCUT2D eigenvalue weighted by atomic mass is 16.5. The van der Waals surface area contributed by atoms with Gasteiger partial charge in [-0.05, 0) is 33.1 Å². The monoisotopic (exact) mass is 281 g/mol. The molecule has 2 N–H and O–H groups in total. The maximum absolute atomic E-state index is 11.6. The first kappa shape index (κ1) is 18.3. The summed E-state index contributed by atoms with van der Waals surface area (Å²) in [4.78, 5) is 22.7. The molecule has 1 radical (unpaired) electrons. The average molecular weight is 281 g/mol. The van der Waals surface area contributed by atoms with E-state index in [0.717, 1.165) is 19.3 Å². The van der Waals surface area contributed by atoms with Crippen molar-refractivity contribution >= 4 is 12.0 Å². The summed E-state index contributed by atoms with van der Waals surface area (Å²) >= 11 is 0. The predicted molar refractivity (Wildman–Crippen MR) is 78.8 cm³/mol. The summed E-state index contributed by atoms with van der Waals surface area (Å²) in [7, 11) is 0. The van der Waals surface area contributed by atoms with Crippen molar-refractivity contribution in [3.05, 3.63) is 6.42 Å². The van der Waals surface area contributed by atoms with Crippen molar-refractivity contribution in [2.24, 2.45) is 0 Å². The molecular weight excluding hydrogens is 256 g/mol. The molecule has 0 atom stereocenters. The number of carbonyl (C=O) groups excluding carboxylic acids is 2. The zero-order chi connectivity index (χ0) is 15.4. The third-order valence-corrected chi connectivity index (χ3v) is 2.82. The van der Waals surface area contributed by atoms with E-state index in [4.69, 9.17) is 6.42 Å². The number of nitrogens with one attached hydrogen (secondary N) is 2. The standard InChI is InChI=1S/C15H25N2O3/c1-5-12-20-14(19)16-11-9-7-8-10-13(18)17-15(3,4)6-2/h1,6H,7-12H2,2-4H3,(H,16,19)(H,17,18). The van der Waals surface area contributed by atoms with Crippen LogP contribution in [0.15, 0.2) is 0 Å². The fourth-order valence-electron chi connectivity index (χ4n) is 1.43. The van der Waals surface area contributed by atoms with Crippen LogP contribution in [0.5, 0.6) is 0 Å². The second-order valence-corrected chi connectivity index (χ2v) is 5.08. The van der Waals surface area contributed by atoms with E-state index in [9.17, 15) is 9.59 Å². The Morgan fingerprint density at radius 2 is 2.00 bits per heavy atom. The van der Waals surface area contributed by atoms with E-state index < -0.39 is 6.09 Å². The third-order valence-electron chi connectivity index (χ3n) is 2.82. The van der Waals surface area contributed by atoms with E-state index in [-0.39, 0.29) is 18.1 Å². The van der Waals surface area contributed by atoms with E-state index >= 15 is 0 Å². The lowest BCUT2D eigenvalue weighted by Crippen LogP contribution is -2.43. The fraction of sp³-hybridized carbons (Fsp3) is 0.667. The molecule has 0 unspecified atom stereocenters. The Morgan fingerprint density at radius 1 is 1.30 bits per heavy atom. The summed E-state index contributed by atoms with van der Waals surface area (Å²) in [6.07, 6.45) is 9.39. The Hall–Kier alpha value is -1.70. The molecule has 0 saturated heterocycles. The Bertz CT molecular complexity index is 346. The Balaban J connectivity index is 3.51. The molecule has 0 aliphatic heterocycles. The summed E-state index contributed by atoms with van der Waals surface area (Å²) in [6.45, 7) is 6.34. The van der Waals surface area contributed by atoms with Crippen molar-refractivity contribution in [2.75, 3.05) is 13.2 Å². The summed E-state index contributed by atoms with van der Waals surface area (Å²) < 4.78 is 4.65. The van der Waals surface area contributed by atoms with Gasteiger partial charge in [-0.15, -0.1) is 6.42 Å². The second kappa shape index (κ2) is 10.1. The van der Waals surface area contributed by atoms with Crippen molar-refractivity contribution in [3.63, 3.8) is 0 Å². The second-order valence-electron chi connectivity index (χ2n) is 5.08. The molecule has 0 aliphatic rings. The van der Waals surface area contributed by atoms with Gasteiger partial charge in [0, 0.05) is 18.5 Å². The van der Waals surface area contributed by atoms with Gasteiger partial charge in [-0.1, -0.05) is 19.3 Å². The summed E-state index contributed by atoms with van der Waals surface area (Å²) in [5.41, 5.74) is -0.264. The SMILES string of the molecule is C#CCOC(=O)NCCCCCC(=O)NC(C)(C)[CH]C. The van der Waals surface area contributed by atoms with E-state index in [0.29, 0.717) is 13.0 Å². The van der Waals surface area contributed by atoms with Gasteiger partial charge in [0.25, 0.3) is 0 Å². The molecule has 0 bridgehead atoms. The lowest BCUT2D eigenvalue weighted by molar-refractivity contribution is -0.122. The Labute approximate surface area is 121 Å². The van der Waals surface area contributed by atoms with Crippen LogP contribution in [-0.4, -0.2) is 30.7 Å². The molecule has 0 aromatic carbocycles.